The van der Waals surface area contributed by atoms with Crippen molar-refractivity contribution in [2.24, 2.45) is 0 Å². The van der Waals surface area contributed by atoms with Crippen LogP contribution in [-0.4, -0.2) is 16.6 Å². The molecule has 0 fully saturated rings. The number of rotatable bonds is 5. The third-order valence-electron chi connectivity index (χ3n) is 4.45. The van der Waals surface area contributed by atoms with Gasteiger partial charge in [-0.15, -0.1) is 0 Å². The third kappa shape index (κ3) is 3.28. The number of nitrogens with one attached hydrogen (secondary N) is 1. The van der Waals surface area contributed by atoms with E-state index in [-0.39, 0.29) is 0 Å². The monoisotopic (exact) mass is 353 g/mol. The van der Waals surface area contributed by atoms with Gasteiger partial charge in [-0.3, -0.25) is 0 Å². The van der Waals surface area contributed by atoms with Gasteiger partial charge in [-0.05, 0) is 41.5 Å². The first-order chi connectivity index (χ1) is 13.3. The van der Waals surface area contributed by atoms with E-state index >= 15 is 0 Å². The number of para-hydroxylation sites is 2. The van der Waals surface area contributed by atoms with Crippen molar-refractivity contribution >= 4 is 33.5 Å². The summed E-state index contributed by atoms with van der Waals surface area (Å²) in [5.41, 5.74) is 3.13. The molecule has 0 aliphatic carbocycles. The lowest BCUT2D eigenvalue weighted by Gasteiger charge is -2.11. The van der Waals surface area contributed by atoms with Gasteiger partial charge in [-0.1, -0.05) is 49.4 Å². The molecule has 0 amide bonds. The average molecular weight is 353 g/mol. The fourth-order valence-electron chi connectivity index (χ4n) is 3.14. The second-order valence-electron chi connectivity index (χ2n) is 6.32. The highest BCUT2D eigenvalue weighted by molar-refractivity contribution is 6.00. The topological polar surface area (TPSA) is 61.7 Å². The maximum Gasteiger partial charge on any atom is 0.149 e. The number of ether oxygens (including phenoxy) is 1. The van der Waals surface area contributed by atoms with Crippen LogP contribution in [0.2, 0.25) is 0 Å². The fourth-order valence-corrected chi connectivity index (χ4v) is 3.14. The van der Waals surface area contributed by atoms with Gasteiger partial charge in [0.2, 0.25) is 0 Å². The Kier molecular flexibility index (Phi) is 4.59. The van der Waals surface area contributed by atoms with Crippen LogP contribution in [-0.2, 0) is 0 Å². The van der Waals surface area contributed by atoms with E-state index in [1.807, 2.05) is 60.7 Å². The Morgan fingerprint density at radius 3 is 2.74 bits per heavy atom. The second kappa shape index (κ2) is 7.35. The van der Waals surface area contributed by atoms with E-state index in [1.54, 1.807) is 0 Å². The van der Waals surface area contributed by atoms with Gasteiger partial charge in [0.25, 0.3) is 0 Å². The molecule has 4 nitrogen and oxygen atoms in total. The molecule has 1 N–H and O–H groups in total. The highest BCUT2D eigenvalue weighted by atomic mass is 16.5. The summed E-state index contributed by atoms with van der Waals surface area (Å²) in [7, 11) is 0. The van der Waals surface area contributed by atoms with E-state index in [2.05, 4.69) is 29.0 Å². The van der Waals surface area contributed by atoms with Crippen LogP contribution in [0.1, 0.15) is 24.7 Å². The molecule has 0 aliphatic heterocycles. The van der Waals surface area contributed by atoms with Gasteiger partial charge in [0.05, 0.1) is 23.2 Å². The van der Waals surface area contributed by atoms with E-state index < -0.39 is 0 Å². The lowest BCUT2D eigenvalue weighted by molar-refractivity contribution is 0.317. The van der Waals surface area contributed by atoms with E-state index in [9.17, 15) is 5.26 Å². The van der Waals surface area contributed by atoms with Crippen LogP contribution in [0.5, 0.6) is 5.75 Å². The summed E-state index contributed by atoms with van der Waals surface area (Å²) in [6.45, 7) is 2.71. The molecule has 0 atom stereocenters. The van der Waals surface area contributed by atoms with Crippen LogP contribution in [0.4, 0.5) is 0 Å². The van der Waals surface area contributed by atoms with Crippen molar-refractivity contribution in [3.63, 3.8) is 0 Å². The number of hydrogen-bond acceptors (Lipinski definition) is 3. The quantitative estimate of drug-likeness (QED) is 0.477. The Morgan fingerprint density at radius 2 is 1.93 bits per heavy atom. The van der Waals surface area contributed by atoms with E-state index in [0.717, 1.165) is 39.5 Å². The number of benzene rings is 3. The molecule has 0 aliphatic rings. The summed E-state index contributed by atoms with van der Waals surface area (Å²) in [6.07, 6.45) is 2.79. The zero-order valence-corrected chi connectivity index (χ0v) is 15.1. The number of hydrogen-bond donors (Lipinski definition) is 1. The Hall–Kier alpha value is -3.58. The number of aromatic amines is 1. The molecule has 0 saturated carbocycles. The zero-order valence-electron chi connectivity index (χ0n) is 15.1. The molecular formula is C23H19N3O. The van der Waals surface area contributed by atoms with Gasteiger partial charge in [0.15, 0.2) is 0 Å². The molecule has 4 heteroatoms. The van der Waals surface area contributed by atoms with Gasteiger partial charge in [-0.25, -0.2) is 4.98 Å². The summed E-state index contributed by atoms with van der Waals surface area (Å²) in [6, 6.07) is 22.2. The Bertz CT molecular complexity index is 1150. The second-order valence-corrected chi connectivity index (χ2v) is 6.32. The first kappa shape index (κ1) is 16.9. The zero-order chi connectivity index (χ0) is 18.6. The predicted molar refractivity (Wildman–Crippen MR) is 109 cm³/mol. The standard InChI is InChI=1S/C23H19N3O/c1-2-13-27-22-12-11-16-7-3-4-8-18(16)19(22)14-17(15-24)23-25-20-9-5-6-10-21(20)26-23/h3-12,14H,2,13H2,1H3,(H,25,26)/b17-14+. The smallest absolute Gasteiger partial charge is 0.149 e. The van der Waals surface area contributed by atoms with Crippen molar-refractivity contribution in [3.05, 3.63) is 72.1 Å². The minimum atomic E-state index is 0.476. The Balaban J connectivity index is 1.89. The number of nitrogens with zero attached hydrogens (tertiary/aromatic N) is 2. The molecule has 27 heavy (non-hydrogen) atoms. The van der Waals surface area contributed by atoms with Crippen molar-refractivity contribution in [2.45, 2.75) is 13.3 Å². The fraction of sp³-hybridized carbons (Fsp3) is 0.130. The van der Waals surface area contributed by atoms with Gasteiger partial charge in [0.1, 0.15) is 17.6 Å². The van der Waals surface area contributed by atoms with Gasteiger partial charge < -0.3 is 9.72 Å². The summed E-state index contributed by atoms with van der Waals surface area (Å²) in [5.74, 6) is 1.34. The summed E-state index contributed by atoms with van der Waals surface area (Å²) in [4.78, 5) is 7.80. The van der Waals surface area contributed by atoms with Crippen LogP contribution in [0.25, 0.3) is 33.5 Å². The number of aromatic nitrogens is 2. The van der Waals surface area contributed by atoms with E-state index in [4.69, 9.17) is 4.74 Å². The van der Waals surface area contributed by atoms with E-state index in [1.165, 1.54) is 0 Å². The summed E-state index contributed by atoms with van der Waals surface area (Å²) >= 11 is 0. The van der Waals surface area contributed by atoms with Crippen molar-refractivity contribution in [1.29, 1.82) is 5.26 Å². The summed E-state index contributed by atoms with van der Waals surface area (Å²) < 4.78 is 5.95. The van der Waals surface area contributed by atoms with Crippen LogP contribution in [0, 0.1) is 11.3 Å². The highest BCUT2D eigenvalue weighted by Gasteiger charge is 2.12. The van der Waals surface area contributed by atoms with Gasteiger partial charge in [0, 0.05) is 5.56 Å². The van der Waals surface area contributed by atoms with Gasteiger partial charge >= 0.3 is 0 Å². The normalized spacial score (nSPS) is 11.6. The summed E-state index contributed by atoms with van der Waals surface area (Å²) in [5, 5.41) is 11.9. The molecule has 132 valence electrons. The Morgan fingerprint density at radius 1 is 1.11 bits per heavy atom. The molecule has 4 rings (SSSR count). The SMILES string of the molecule is CCCOc1ccc2ccccc2c1/C=C(\C#N)c1nc2ccccc2[nH]1. The molecule has 0 spiro atoms. The van der Waals surface area contributed by atoms with Crippen molar-refractivity contribution in [2.75, 3.05) is 6.61 Å². The lowest BCUT2D eigenvalue weighted by atomic mass is 10.0. The molecule has 3 aromatic carbocycles. The van der Waals surface area contributed by atoms with Crippen molar-refractivity contribution in [1.82, 2.24) is 9.97 Å². The molecule has 0 radical (unpaired) electrons. The largest absolute Gasteiger partial charge is 0.493 e. The van der Waals surface area contributed by atoms with Crippen molar-refractivity contribution < 1.29 is 4.74 Å². The number of fused-ring (bicyclic) bond motifs is 2. The molecular weight excluding hydrogens is 334 g/mol. The molecule has 1 aromatic heterocycles. The highest BCUT2D eigenvalue weighted by Crippen LogP contribution is 2.32. The third-order valence-corrected chi connectivity index (χ3v) is 4.45. The number of imidazole rings is 1. The van der Waals surface area contributed by atoms with Crippen LogP contribution in [0.3, 0.4) is 0 Å². The van der Waals surface area contributed by atoms with Crippen LogP contribution >= 0.6 is 0 Å². The van der Waals surface area contributed by atoms with Crippen LogP contribution in [0.15, 0.2) is 60.7 Å². The minimum absolute atomic E-state index is 0.476. The maximum atomic E-state index is 9.79. The number of nitriles is 1. The molecule has 0 saturated heterocycles. The average Bonchev–Trinajstić information content (AvgIpc) is 3.14. The van der Waals surface area contributed by atoms with Crippen molar-refractivity contribution in [3.8, 4) is 11.8 Å². The lowest BCUT2D eigenvalue weighted by Crippen LogP contribution is -1.98. The van der Waals surface area contributed by atoms with E-state index in [0.29, 0.717) is 18.0 Å². The first-order valence-electron chi connectivity index (χ1n) is 9.01. The van der Waals surface area contributed by atoms with Gasteiger partial charge in [-0.2, -0.15) is 5.26 Å². The van der Waals surface area contributed by atoms with Crippen LogP contribution < -0.4 is 4.74 Å². The maximum absolute atomic E-state index is 9.79. The predicted octanol–water partition coefficient (Wildman–Crippen LogP) is 5.57. The molecule has 4 aromatic rings. The molecule has 1 heterocycles. The molecule has 0 bridgehead atoms. The number of allylic oxidation sites excluding steroid dienone is 1. The number of H-pyrrole nitrogens is 1. The molecule has 0 unspecified atom stereocenters. The Labute approximate surface area is 157 Å². The first-order valence-corrected chi connectivity index (χ1v) is 9.01. The minimum Gasteiger partial charge on any atom is -0.493 e.